The van der Waals surface area contributed by atoms with Gasteiger partial charge in [-0.25, -0.2) is 4.98 Å². The van der Waals surface area contributed by atoms with Gasteiger partial charge in [0.25, 0.3) is 0 Å². The summed E-state index contributed by atoms with van der Waals surface area (Å²) in [5.41, 5.74) is 0.498. The molecule has 2 N–H and O–H groups in total. The summed E-state index contributed by atoms with van der Waals surface area (Å²) in [5.74, 6) is 0.631. The molecule has 0 spiro atoms. The van der Waals surface area contributed by atoms with Gasteiger partial charge in [-0.15, -0.1) is 0 Å². The molecule has 1 aliphatic rings. The maximum Gasteiger partial charge on any atom is 0.240 e. The van der Waals surface area contributed by atoms with Crippen LogP contribution in [0.25, 0.3) is 0 Å². The van der Waals surface area contributed by atoms with E-state index in [1.54, 1.807) is 13.3 Å². The van der Waals surface area contributed by atoms with Crippen molar-refractivity contribution in [2.75, 3.05) is 13.7 Å². The van der Waals surface area contributed by atoms with Crippen molar-refractivity contribution in [2.45, 2.75) is 38.3 Å². The van der Waals surface area contributed by atoms with Crippen LogP contribution in [0.15, 0.2) is 18.3 Å². The second-order valence-electron chi connectivity index (χ2n) is 4.82. The third-order valence-corrected chi connectivity index (χ3v) is 3.76. The zero-order valence-corrected chi connectivity index (χ0v) is 11.5. The summed E-state index contributed by atoms with van der Waals surface area (Å²) in [5, 5.41) is 6.31. The zero-order valence-electron chi connectivity index (χ0n) is 11.5. The fourth-order valence-corrected chi connectivity index (χ4v) is 2.55. The number of methoxy groups -OCH3 is 1. The smallest absolute Gasteiger partial charge is 0.240 e. The number of amides is 1. The predicted molar refractivity (Wildman–Crippen MR) is 72.9 cm³/mol. The van der Waals surface area contributed by atoms with E-state index in [-0.39, 0.29) is 5.91 Å². The summed E-state index contributed by atoms with van der Waals surface area (Å²) in [7, 11) is 1.58. The fourth-order valence-electron chi connectivity index (χ4n) is 2.55. The Bertz CT molecular complexity index is 442. The van der Waals surface area contributed by atoms with Gasteiger partial charge in [0.05, 0.1) is 12.6 Å². The fraction of sp³-hybridized carbons (Fsp3) is 0.571. The lowest BCUT2D eigenvalue weighted by atomic mass is 9.93. The van der Waals surface area contributed by atoms with Gasteiger partial charge in [-0.3, -0.25) is 4.79 Å². The van der Waals surface area contributed by atoms with Gasteiger partial charge in [-0.05, 0) is 31.9 Å². The molecular formula is C14H21N3O2. The van der Waals surface area contributed by atoms with Gasteiger partial charge in [-0.1, -0.05) is 13.0 Å². The molecule has 1 aromatic heterocycles. The molecule has 1 amide bonds. The highest BCUT2D eigenvalue weighted by atomic mass is 16.5. The third kappa shape index (κ3) is 2.87. The summed E-state index contributed by atoms with van der Waals surface area (Å²) in [6, 6.07) is 3.75. The second kappa shape index (κ2) is 6.02. The van der Waals surface area contributed by atoms with E-state index in [0.29, 0.717) is 12.4 Å². The number of pyridine rings is 1. The van der Waals surface area contributed by atoms with Crippen molar-refractivity contribution in [3.8, 4) is 5.88 Å². The number of nitrogens with zero attached hydrogens (tertiary/aromatic N) is 1. The van der Waals surface area contributed by atoms with Crippen molar-refractivity contribution in [1.29, 1.82) is 0 Å². The third-order valence-electron chi connectivity index (χ3n) is 3.76. The van der Waals surface area contributed by atoms with Crippen LogP contribution in [0.1, 0.15) is 31.7 Å². The number of ether oxygens (including phenoxy) is 1. The first-order valence-corrected chi connectivity index (χ1v) is 6.73. The van der Waals surface area contributed by atoms with E-state index >= 15 is 0 Å². The Kier molecular flexibility index (Phi) is 4.37. The lowest BCUT2D eigenvalue weighted by molar-refractivity contribution is -0.127. The van der Waals surface area contributed by atoms with Crippen molar-refractivity contribution in [1.82, 2.24) is 15.6 Å². The van der Waals surface area contributed by atoms with Gasteiger partial charge in [-0.2, -0.15) is 0 Å². The molecule has 104 valence electrons. The minimum Gasteiger partial charge on any atom is -0.481 e. The summed E-state index contributed by atoms with van der Waals surface area (Å²) in [4.78, 5) is 16.5. The SMILES string of the molecule is CCC1(C(=O)NCc2cccnc2OC)CCCN1. The van der Waals surface area contributed by atoms with Crippen molar-refractivity contribution in [2.24, 2.45) is 0 Å². The number of rotatable bonds is 5. The van der Waals surface area contributed by atoms with Gasteiger partial charge < -0.3 is 15.4 Å². The minimum atomic E-state index is -0.393. The Hall–Kier alpha value is -1.62. The largest absolute Gasteiger partial charge is 0.481 e. The van der Waals surface area contributed by atoms with E-state index in [0.717, 1.165) is 31.4 Å². The molecule has 5 nitrogen and oxygen atoms in total. The standard InChI is InChI=1S/C14H21N3O2/c1-3-14(7-5-9-17-14)13(18)16-10-11-6-4-8-15-12(11)19-2/h4,6,8,17H,3,5,7,9-10H2,1-2H3,(H,16,18). The van der Waals surface area contributed by atoms with Crippen molar-refractivity contribution >= 4 is 5.91 Å². The highest BCUT2D eigenvalue weighted by molar-refractivity contribution is 5.86. The molecule has 5 heteroatoms. The first-order valence-electron chi connectivity index (χ1n) is 6.73. The predicted octanol–water partition coefficient (Wildman–Crippen LogP) is 1.24. The Morgan fingerprint density at radius 2 is 2.47 bits per heavy atom. The van der Waals surface area contributed by atoms with Crippen LogP contribution >= 0.6 is 0 Å². The first-order chi connectivity index (χ1) is 9.22. The molecule has 1 unspecified atom stereocenters. The van der Waals surface area contributed by atoms with Gasteiger partial charge in [0.2, 0.25) is 11.8 Å². The van der Waals surface area contributed by atoms with Crippen LogP contribution in [-0.4, -0.2) is 30.1 Å². The van der Waals surface area contributed by atoms with Gasteiger partial charge in [0.15, 0.2) is 0 Å². The Morgan fingerprint density at radius 1 is 1.63 bits per heavy atom. The van der Waals surface area contributed by atoms with Crippen LogP contribution < -0.4 is 15.4 Å². The van der Waals surface area contributed by atoms with Crippen LogP contribution in [0.4, 0.5) is 0 Å². The molecule has 19 heavy (non-hydrogen) atoms. The topological polar surface area (TPSA) is 63.2 Å². The number of carbonyl (C=O) groups is 1. The average molecular weight is 263 g/mol. The van der Waals surface area contributed by atoms with E-state index < -0.39 is 5.54 Å². The minimum absolute atomic E-state index is 0.0680. The molecule has 2 heterocycles. The number of hydrogen-bond donors (Lipinski definition) is 2. The van der Waals surface area contributed by atoms with Gasteiger partial charge >= 0.3 is 0 Å². The molecule has 0 aromatic carbocycles. The normalized spacial score (nSPS) is 22.2. The van der Waals surface area contributed by atoms with Crippen LogP contribution in [0, 0.1) is 0 Å². The monoisotopic (exact) mass is 263 g/mol. The highest BCUT2D eigenvalue weighted by Gasteiger charge is 2.38. The first kappa shape index (κ1) is 13.8. The number of hydrogen-bond acceptors (Lipinski definition) is 4. The summed E-state index contributed by atoms with van der Waals surface area (Å²) in [6.45, 7) is 3.40. The lowest BCUT2D eigenvalue weighted by Gasteiger charge is -2.26. The van der Waals surface area contributed by atoms with Crippen LogP contribution in [0.5, 0.6) is 5.88 Å². The summed E-state index contributed by atoms with van der Waals surface area (Å²) >= 11 is 0. The molecular weight excluding hydrogens is 242 g/mol. The van der Waals surface area contributed by atoms with Gasteiger partial charge in [0.1, 0.15) is 0 Å². The molecule has 1 saturated heterocycles. The van der Waals surface area contributed by atoms with E-state index in [9.17, 15) is 4.79 Å². The summed E-state index contributed by atoms with van der Waals surface area (Å²) in [6.07, 6.45) is 4.44. The van der Waals surface area contributed by atoms with E-state index in [1.807, 2.05) is 19.1 Å². The van der Waals surface area contributed by atoms with Crippen molar-refractivity contribution < 1.29 is 9.53 Å². The number of aromatic nitrogens is 1. The van der Waals surface area contributed by atoms with Crippen LogP contribution in [0.3, 0.4) is 0 Å². The zero-order chi connectivity index (χ0) is 13.7. The van der Waals surface area contributed by atoms with E-state index in [2.05, 4.69) is 15.6 Å². The maximum absolute atomic E-state index is 12.3. The Balaban J connectivity index is 2.00. The molecule has 0 radical (unpaired) electrons. The number of carbonyl (C=O) groups excluding carboxylic acids is 1. The van der Waals surface area contributed by atoms with Crippen LogP contribution in [0.2, 0.25) is 0 Å². The Morgan fingerprint density at radius 3 is 3.11 bits per heavy atom. The van der Waals surface area contributed by atoms with Gasteiger partial charge in [0, 0.05) is 18.3 Å². The Labute approximate surface area is 113 Å². The molecule has 1 atom stereocenters. The van der Waals surface area contributed by atoms with Crippen molar-refractivity contribution in [3.63, 3.8) is 0 Å². The molecule has 0 aliphatic carbocycles. The molecule has 1 aliphatic heterocycles. The molecule has 0 bridgehead atoms. The molecule has 1 aromatic rings. The maximum atomic E-state index is 12.3. The second-order valence-corrected chi connectivity index (χ2v) is 4.82. The van der Waals surface area contributed by atoms with E-state index in [1.165, 1.54) is 0 Å². The lowest BCUT2D eigenvalue weighted by Crippen LogP contribution is -2.52. The molecule has 2 rings (SSSR count). The molecule has 1 fully saturated rings. The van der Waals surface area contributed by atoms with Crippen LogP contribution in [-0.2, 0) is 11.3 Å². The van der Waals surface area contributed by atoms with Crippen molar-refractivity contribution in [3.05, 3.63) is 23.9 Å². The highest BCUT2D eigenvalue weighted by Crippen LogP contribution is 2.23. The summed E-state index contributed by atoms with van der Waals surface area (Å²) < 4.78 is 5.18. The van der Waals surface area contributed by atoms with E-state index in [4.69, 9.17) is 4.74 Å². The molecule has 0 saturated carbocycles. The quantitative estimate of drug-likeness (QED) is 0.839. The number of nitrogens with one attached hydrogen (secondary N) is 2. The average Bonchev–Trinajstić information content (AvgIpc) is 2.95.